The van der Waals surface area contributed by atoms with Crippen LogP contribution in [0, 0.1) is 11.8 Å². The number of rotatable bonds is 6. The highest BCUT2D eigenvalue weighted by Gasteiger charge is 2.43. The molecule has 7 nitrogen and oxygen atoms in total. The van der Waals surface area contributed by atoms with Gasteiger partial charge in [-0.1, -0.05) is 31.9 Å². The molecule has 220 valence electrons. The largest absolute Gasteiger partial charge is 0.508 e. The fourth-order valence-corrected chi connectivity index (χ4v) is 7.84. The van der Waals surface area contributed by atoms with Gasteiger partial charge in [-0.3, -0.25) is 0 Å². The fraction of sp³-hybridized carbons (Fsp3) is 0.529. The second-order valence-corrected chi connectivity index (χ2v) is 12.7. The molecule has 2 heterocycles. The lowest BCUT2D eigenvalue weighted by Gasteiger charge is -2.45. The third-order valence-electron chi connectivity index (χ3n) is 10.00. The van der Waals surface area contributed by atoms with Gasteiger partial charge >= 0.3 is 0 Å². The van der Waals surface area contributed by atoms with Crippen LogP contribution in [-0.4, -0.2) is 44.7 Å². The summed E-state index contributed by atoms with van der Waals surface area (Å²) >= 11 is 0. The van der Waals surface area contributed by atoms with Crippen LogP contribution in [0.2, 0.25) is 0 Å². The summed E-state index contributed by atoms with van der Waals surface area (Å²) in [5, 5.41) is 43.2. The normalized spacial score (nSPS) is 30.1. The number of methoxy groups -OCH3 is 1. The lowest BCUT2D eigenvalue weighted by molar-refractivity contribution is -0.154. The van der Waals surface area contributed by atoms with Crippen LogP contribution in [0.1, 0.15) is 104 Å². The molecule has 0 bridgehead atoms. The van der Waals surface area contributed by atoms with Crippen molar-refractivity contribution in [2.24, 2.45) is 11.8 Å². The summed E-state index contributed by atoms with van der Waals surface area (Å²) in [6.45, 7) is 2.31. The van der Waals surface area contributed by atoms with E-state index in [1.807, 2.05) is 24.5 Å². The smallest absolute Gasteiger partial charge is 0.200 e. The quantitative estimate of drug-likeness (QED) is 0.212. The summed E-state index contributed by atoms with van der Waals surface area (Å²) < 4.78 is 12.3. The summed E-state index contributed by atoms with van der Waals surface area (Å²) in [6, 6.07) is 9.69. The predicted molar refractivity (Wildman–Crippen MR) is 157 cm³/mol. The molecule has 41 heavy (non-hydrogen) atoms. The van der Waals surface area contributed by atoms with E-state index in [0.717, 1.165) is 54.4 Å². The molecule has 3 fully saturated rings. The van der Waals surface area contributed by atoms with E-state index in [-0.39, 0.29) is 35.2 Å². The Morgan fingerprint density at radius 3 is 2.54 bits per heavy atom. The zero-order valence-corrected chi connectivity index (χ0v) is 24.1. The number of aromatic amines is 1. The third kappa shape index (κ3) is 5.54. The molecule has 5 N–H and O–H groups in total. The maximum atomic E-state index is 11.3. The molecule has 2 saturated carbocycles. The maximum Gasteiger partial charge on any atom is 0.200 e. The van der Waals surface area contributed by atoms with Crippen molar-refractivity contribution in [3.05, 3.63) is 70.5 Å². The maximum absolute atomic E-state index is 11.3. The van der Waals surface area contributed by atoms with Gasteiger partial charge in [0.1, 0.15) is 5.75 Å². The second-order valence-electron chi connectivity index (χ2n) is 12.7. The molecule has 3 aliphatic rings. The first kappa shape index (κ1) is 28.0. The van der Waals surface area contributed by atoms with E-state index in [2.05, 4.69) is 24.0 Å². The molecule has 0 radical (unpaired) electrons. The molecular formula is C34H43NO6. The van der Waals surface area contributed by atoms with Crippen molar-refractivity contribution in [2.45, 2.75) is 94.9 Å². The lowest BCUT2D eigenvalue weighted by Crippen LogP contribution is -2.44. The third-order valence-corrected chi connectivity index (χ3v) is 10.00. The number of hydrogen-bond donors (Lipinski definition) is 5. The summed E-state index contributed by atoms with van der Waals surface area (Å²) in [7, 11) is 1.48. The van der Waals surface area contributed by atoms with Crippen molar-refractivity contribution in [3.63, 3.8) is 0 Å². The number of aliphatic hydroxyl groups excluding tert-OH is 1. The summed E-state index contributed by atoms with van der Waals surface area (Å²) in [5.41, 5.74) is 4.81. The Morgan fingerprint density at radius 2 is 1.78 bits per heavy atom. The molecular weight excluding hydrogens is 518 g/mol. The standard InChI is InChI=1S/C34H43NO6/c1-19-4-3-5-23(12-19)25-14-21(7-9-28(25)36)22-6-8-24-29(37)17-32(41-31(24)15-22)26-16-30(38)33(39)34(40-2)27(26)13-20-10-11-35-18-20/h7,9-11,14,16,18-19,22-24,29,31-32,35-39H,3-6,8,12-13,15,17H2,1-2H3. The highest BCUT2D eigenvalue weighted by Crippen LogP contribution is 2.50. The highest BCUT2D eigenvalue weighted by atomic mass is 16.5. The number of benzene rings is 2. The van der Waals surface area contributed by atoms with E-state index in [9.17, 15) is 20.4 Å². The van der Waals surface area contributed by atoms with E-state index in [0.29, 0.717) is 30.4 Å². The van der Waals surface area contributed by atoms with Gasteiger partial charge in [0.2, 0.25) is 5.75 Å². The van der Waals surface area contributed by atoms with Gasteiger partial charge < -0.3 is 34.9 Å². The van der Waals surface area contributed by atoms with Crippen molar-refractivity contribution in [1.82, 2.24) is 4.98 Å². The minimum Gasteiger partial charge on any atom is -0.508 e. The zero-order chi connectivity index (χ0) is 28.7. The van der Waals surface area contributed by atoms with Gasteiger partial charge in [0.15, 0.2) is 11.5 Å². The number of ether oxygens (including phenoxy) is 2. The Balaban J connectivity index is 1.27. The number of phenols is 3. The zero-order valence-electron chi connectivity index (χ0n) is 24.1. The molecule has 7 heteroatoms. The number of H-pyrrole nitrogens is 1. The van der Waals surface area contributed by atoms with Crippen LogP contribution in [0.5, 0.6) is 23.0 Å². The van der Waals surface area contributed by atoms with Crippen LogP contribution >= 0.6 is 0 Å². The van der Waals surface area contributed by atoms with Crippen LogP contribution in [0.3, 0.4) is 0 Å². The Labute approximate surface area is 242 Å². The van der Waals surface area contributed by atoms with Crippen LogP contribution in [0.15, 0.2) is 42.7 Å². The van der Waals surface area contributed by atoms with Crippen LogP contribution < -0.4 is 4.74 Å². The van der Waals surface area contributed by atoms with Gasteiger partial charge in [-0.15, -0.1) is 0 Å². The molecule has 1 saturated heterocycles. The Kier molecular flexibility index (Phi) is 7.92. The minimum atomic E-state index is -0.527. The summed E-state index contributed by atoms with van der Waals surface area (Å²) in [6.07, 6.45) is 10.9. The first-order valence-electron chi connectivity index (χ1n) is 15.2. The number of hydrogen-bond acceptors (Lipinski definition) is 6. The van der Waals surface area contributed by atoms with Crippen molar-refractivity contribution < 1.29 is 29.9 Å². The van der Waals surface area contributed by atoms with Crippen LogP contribution in [0.4, 0.5) is 0 Å². The van der Waals surface area contributed by atoms with Gasteiger partial charge in [-0.2, -0.15) is 0 Å². The van der Waals surface area contributed by atoms with Gasteiger partial charge in [0, 0.05) is 36.7 Å². The summed E-state index contributed by atoms with van der Waals surface area (Å²) in [5.74, 6) is 1.51. The molecule has 2 aromatic carbocycles. The molecule has 0 spiro atoms. The van der Waals surface area contributed by atoms with Crippen molar-refractivity contribution in [3.8, 4) is 23.0 Å². The number of phenolic OH excluding ortho intramolecular Hbond substituents is 3. The number of nitrogens with one attached hydrogen (secondary N) is 1. The van der Waals surface area contributed by atoms with Gasteiger partial charge in [0.25, 0.3) is 0 Å². The monoisotopic (exact) mass is 561 g/mol. The molecule has 6 rings (SSSR count). The van der Waals surface area contributed by atoms with Crippen molar-refractivity contribution >= 4 is 0 Å². The molecule has 1 aliphatic heterocycles. The molecule has 7 atom stereocenters. The minimum absolute atomic E-state index is 0.0546. The Morgan fingerprint density at radius 1 is 0.927 bits per heavy atom. The molecule has 3 aromatic rings. The number of aromatic hydroxyl groups is 3. The van der Waals surface area contributed by atoms with E-state index >= 15 is 0 Å². The first-order chi connectivity index (χ1) is 19.8. The second kappa shape index (κ2) is 11.6. The topological polar surface area (TPSA) is 115 Å². The van der Waals surface area contributed by atoms with Crippen LogP contribution in [0.25, 0.3) is 0 Å². The number of aliphatic hydroxyl groups is 1. The van der Waals surface area contributed by atoms with Crippen molar-refractivity contribution in [1.29, 1.82) is 0 Å². The number of aromatic nitrogens is 1. The molecule has 0 amide bonds. The average molecular weight is 562 g/mol. The van der Waals surface area contributed by atoms with Gasteiger partial charge in [0.05, 0.1) is 25.4 Å². The SMILES string of the molecule is COc1c(O)c(O)cc(C2CC(O)C3CCC(c4ccc(O)c(C5CCCC(C)C5)c4)CC3O2)c1Cc1cc[nH]c1. The van der Waals surface area contributed by atoms with E-state index in [1.165, 1.54) is 25.5 Å². The summed E-state index contributed by atoms with van der Waals surface area (Å²) in [4.78, 5) is 3.07. The first-order valence-corrected chi connectivity index (χ1v) is 15.2. The highest BCUT2D eigenvalue weighted by molar-refractivity contribution is 5.59. The average Bonchev–Trinajstić information content (AvgIpc) is 3.48. The fourth-order valence-electron chi connectivity index (χ4n) is 7.84. The van der Waals surface area contributed by atoms with E-state index in [4.69, 9.17) is 9.47 Å². The Hall–Kier alpha value is -3.16. The van der Waals surface area contributed by atoms with Gasteiger partial charge in [-0.05, 0) is 90.3 Å². The molecule has 7 unspecified atom stereocenters. The van der Waals surface area contributed by atoms with Crippen LogP contribution in [-0.2, 0) is 11.2 Å². The van der Waals surface area contributed by atoms with Crippen molar-refractivity contribution in [2.75, 3.05) is 7.11 Å². The van der Waals surface area contributed by atoms with E-state index in [1.54, 1.807) is 6.07 Å². The lowest BCUT2D eigenvalue weighted by atomic mass is 9.71. The Bertz CT molecular complexity index is 1350. The molecule has 2 aliphatic carbocycles. The predicted octanol–water partition coefficient (Wildman–Crippen LogP) is 6.80. The van der Waals surface area contributed by atoms with Gasteiger partial charge in [-0.25, -0.2) is 0 Å². The van der Waals surface area contributed by atoms with E-state index < -0.39 is 12.2 Å². The number of fused-ring (bicyclic) bond motifs is 1. The molecule has 1 aromatic heterocycles.